The zero-order valence-electron chi connectivity index (χ0n) is 13.8. The molecule has 6 heteroatoms. The maximum absolute atomic E-state index is 13.5. The van der Waals surface area contributed by atoms with Crippen LogP contribution >= 0.6 is 0 Å². The molecule has 0 fully saturated rings. The Morgan fingerprint density at radius 1 is 0.519 bits per heavy atom. The second-order valence-electron chi connectivity index (χ2n) is 5.93. The predicted octanol–water partition coefficient (Wildman–Crippen LogP) is 7.24. The summed E-state index contributed by atoms with van der Waals surface area (Å²) in [7, 11) is 0. The van der Waals surface area contributed by atoms with Gasteiger partial charge in [0, 0.05) is 0 Å². The smallest absolute Gasteiger partial charge is 0.166 e. The Bertz CT molecular complexity index is 967. The molecule has 3 aromatic carbocycles. The van der Waals surface area contributed by atoms with Gasteiger partial charge >= 0.3 is 12.4 Å². The highest BCUT2D eigenvalue weighted by Gasteiger charge is 2.36. The first-order valence-corrected chi connectivity index (χ1v) is 7.89. The first-order chi connectivity index (χ1) is 12.6. The van der Waals surface area contributed by atoms with Crippen LogP contribution in [-0.4, -0.2) is 0 Å². The Morgan fingerprint density at radius 2 is 0.963 bits per heavy atom. The second-order valence-corrected chi connectivity index (χ2v) is 5.93. The molecule has 0 amide bonds. The van der Waals surface area contributed by atoms with Crippen molar-refractivity contribution >= 4 is 0 Å². The van der Waals surface area contributed by atoms with Crippen LogP contribution in [0.15, 0.2) is 66.7 Å². The van der Waals surface area contributed by atoms with Gasteiger partial charge in [-0.25, -0.2) is 0 Å². The van der Waals surface area contributed by atoms with E-state index in [0.29, 0.717) is 0 Å². The first-order valence-electron chi connectivity index (χ1n) is 7.89. The van der Waals surface area contributed by atoms with Crippen molar-refractivity contribution in [2.45, 2.75) is 12.4 Å². The molecule has 0 aliphatic carbocycles. The summed E-state index contributed by atoms with van der Waals surface area (Å²) in [5.41, 5.74) is -1.95. The van der Waals surface area contributed by atoms with E-state index in [4.69, 9.17) is 0 Å². The lowest BCUT2D eigenvalue weighted by Gasteiger charge is -2.20. The third kappa shape index (κ3) is 3.70. The topological polar surface area (TPSA) is 0 Å². The molecule has 0 heterocycles. The summed E-state index contributed by atoms with van der Waals surface area (Å²) >= 11 is 0. The number of hydrogen-bond donors (Lipinski definition) is 0. The minimum Gasteiger partial charge on any atom is -0.166 e. The fourth-order valence-electron chi connectivity index (χ4n) is 3.06. The van der Waals surface area contributed by atoms with Crippen LogP contribution in [0.5, 0.6) is 0 Å². The van der Waals surface area contributed by atoms with Crippen LogP contribution in [-0.2, 0) is 12.4 Å². The standard InChI is InChI=1S/C21H13F6/c1-13-7-6-10-15(14-8-2-4-11-17(14)20(22,23)24)19(13)16-9-3-5-12-18(16)21(25,26)27/h2-12H,1H2. The normalized spacial score (nSPS) is 12.3. The van der Waals surface area contributed by atoms with Gasteiger partial charge < -0.3 is 0 Å². The van der Waals surface area contributed by atoms with Gasteiger partial charge in [-0.1, -0.05) is 54.6 Å². The largest absolute Gasteiger partial charge is 0.417 e. The number of alkyl halides is 6. The van der Waals surface area contributed by atoms with Crippen molar-refractivity contribution in [1.82, 2.24) is 0 Å². The van der Waals surface area contributed by atoms with E-state index in [1.54, 1.807) is 0 Å². The molecule has 0 unspecified atom stereocenters. The van der Waals surface area contributed by atoms with Gasteiger partial charge in [-0.05, 0) is 46.9 Å². The number of benzene rings is 3. The minimum atomic E-state index is -4.65. The van der Waals surface area contributed by atoms with Crippen LogP contribution in [0.4, 0.5) is 26.3 Å². The van der Waals surface area contributed by atoms with Crippen LogP contribution in [0.25, 0.3) is 22.3 Å². The van der Waals surface area contributed by atoms with Crippen LogP contribution in [0.2, 0.25) is 0 Å². The SMILES string of the molecule is [CH2]c1cccc(-c2ccccc2C(F)(F)F)c1-c1ccccc1C(F)(F)F. The highest BCUT2D eigenvalue weighted by atomic mass is 19.4. The summed E-state index contributed by atoms with van der Waals surface area (Å²) in [6.45, 7) is 3.75. The van der Waals surface area contributed by atoms with Crippen LogP contribution in [0, 0.1) is 6.92 Å². The van der Waals surface area contributed by atoms with Crippen LogP contribution in [0.1, 0.15) is 16.7 Å². The lowest BCUT2D eigenvalue weighted by molar-refractivity contribution is -0.138. The van der Waals surface area contributed by atoms with Gasteiger partial charge in [-0.15, -0.1) is 0 Å². The lowest BCUT2D eigenvalue weighted by atomic mass is 9.87. The van der Waals surface area contributed by atoms with Crippen molar-refractivity contribution in [2.75, 3.05) is 0 Å². The van der Waals surface area contributed by atoms with Crippen LogP contribution < -0.4 is 0 Å². The second kappa shape index (κ2) is 6.76. The fourth-order valence-corrected chi connectivity index (χ4v) is 3.06. The van der Waals surface area contributed by atoms with Gasteiger partial charge in [0.15, 0.2) is 0 Å². The molecule has 0 saturated carbocycles. The van der Waals surface area contributed by atoms with E-state index in [2.05, 4.69) is 6.92 Å². The van der Waals surface area contributed by atoms with Gasteiger partial charge in [-0.3, -0.25) is 0 Å². The molecule has 139 valence electrons. The zero-order valence-corrected chi connectivity index (χ0v) is 13.8. The molecule has 0 saturated heterocycles. The van der Waals surface area contributed by atoms with E-state index in [9.17, 15) is 26.3 Å². The summed E-state index contributed by atoms with van der Waals surface area (Å²) in [4.78, 5) is 0. The lowest BCUT2D eigenvalue weighted by Crippen LogP contribution is -2.09. The zero-order chi connectivity index (χ0) is 19.8. The molecule has 0 aliphatic rings. The van der Waals surface area contributed by atoms with Gasteiger partial charge in [0.2, 0.25) is 0 Å². The molecule has 0 nitrogen and oxygen atoms in total. The molecule has 0 N–H and O–H groups in total. The van der Waals surface area contributed by atoms with E-state index >= 15 is 0 Å². The molecule has 0 aliphatic heterocycles. The first kappa shape index (κ1) is 19.0. The number of hydrogen-bond acceptors (Lipinski definition) is 0. The molecule has 27 heavy (non-hydrogen) atoms. The Hall–Kier alpha value is -2.76. The molecule has 0 bridgehead atoms. The number of halogens is 6. The molecule has 1 radical (unpaired) electrons. The quantitative estimate of drug-likeness (QED) is 0.412. The molecule has 0 aromatic heterocycles. The monoisotopic (exact) mass is 379 g/mol. The highest BCUT2D eigenvalue weighted by Crippen LogP contribution is 2.45. The van der Waals surface area contributed by atoms with Gasteiger partial charge in [0.05, 0.1) is 11.1 Å². The number of rotatable bonds is 2. The van der Waals surface area contributed by atoms with Crippen molar-refractivity contribution in [3.63, 3.8) is 0 Å². The van der Waals surface area contributed by atoms with Gasteiger partial charge in [0.25, 0.3) is 0 Å². The molecule has 3 aromatic rings. The van der Waals surface area contributed by atoms with Gasteiger partial charge in [0.1, 0.15) is 0 Å². The fraction of sp³-hybridized carbons (Fsp3) is 0.0952. The van der Waals surface area contributed by atoms with Crippen molar-refractivity contribution in [2.24, 2.45) is 0 Å². The van der Waals surface area contributed by atoms with Crippen molar-refractivity contribution in [3.8, 4) is 22.3 Å². The Balaban J connectivity index is 2.36. The van der Waals surface area contributed by atoms with E-state index in [1.807, 2.05) is 0 Å². The summed E-state index contributed by atoms with van der Waals surface area (Å²) in [6, 6.07) is 13.9. The third-order valence-electron chi connectivity index (χ3n) is 4.18. The molecule has 3 rings (SSSR count). The Labute approximate surface area is 152 Å². The summed E-state index contributed by atoms with van der Waals surface area (Å²) in [5, 5.41) is 0. The van der Waals surface area contributed by atoms with E-state index < -0.39 is 23.5 Å². The average Bonchev–Trinajstić information content (AvgIpc) is 2.60. The van der Waals surface area contributed by atoms with Crippen molar-refractivity contribution < 1.29 is 26.3 Å². The van der Waals surface area contributed by atoms with Crippen molar-refractivity contribution in [3.05, 3.63) is 90.3 Å². The highest BCUT2D eigenvalue weighted by molar-refractivity contribution is 5.89. The summed E-state index contributed by atoms with van der Waals surface area (Å²) < 4.78 is 80.7. The maximum Gasteiger partial charge on any atom is 0.417 e. The van der Waals surface area contributed by atoms with E-state index in [0.717, 1.165) is 12.1 Å². The van der Waals surface area contributed by atoms with E-state index in [1.165, 1.54) is 54.6 Å². The molecular formula is C21H13F6. The molecule has 0 spiro atoms. The Kier molecular flexibility index (Phi) is 4.76. The molecule has 0 atom stereocenters. The molecular weight excluding hydrogens is 366 g/mol. The van der Waals surface area contributed by atoms with Gasteiger partial charge in [-0.2, -0.15) is 26.3 Å². The summed E-state index contributed by atoms with van der Waals surface area (Å²) in [5.74, 6) is 0. The minimum absolute atomic E-state index is 0.0297. The Morgan fingerprint density at radius 3 is 1.52 bits per heavy atom. The van der Waals surface area contributed by atoms with Crippen LogP contribution in [0.3, 0.4) is 0 Å². The maximum atomic E-state index is 13.5. The third-order valence-corrected chi connectivity index (χ3v) is 4.18. The average molecular weight is 379 g/mol. The van der Waals surface area contributed by atoms with Crippen molar-refractivity contribution in [1.29, 1.82) is 0 Å². The summed E-state index contributed by atoms with van der Waals surface area (Å²) in [6.07, 6.45) is -9.30. The van der Waals surface area contributed by atoms with E-state index in [-0.39, 0.29) is 27.8 Å². The predicted molar refractivity (Wildman–Crippen MR) is 91.8 cm³/mol.